The Balaban J connectivity index is 2.05. The van der Waals surface area contributed by atoms with Crippen molar-refractivity contribution in [3.8, 4) is 5.75 Å². The van der Waals surface area contributed by atoms with Crippen LogP contribution in [-0.4, -0.2) is 24.3 Å². The smallest absolute Gasteiger partial charge is 0.309 e. The van der Waals surface area contributed by atoms with Gasteiger partial charge in [0.2, 0.25) is 0 Å². The van der Waals surface area contributed by atoms with Gasteiger partial charge in [-0.2, -0.15) is 0 Å². The standard InChI is InChI=1S/C16H15NO4/c1-20-16(19)8-12-4-2-3-5-13(12)11-21-15-7-6-14(10-18)17-9-15/h2-7,9-10H,8,11H2,1H3. The van der Waals surface area contributed by atoms with Gasteiger partial charge in [0.1, 0.15) is 18.1 Å². The normalized spacial score (nSPS) is 9.95. The fourth-order valence-corrected chi connectivity index (χ4v) is 1.81. The molecule has 1 aromatic carbocycles. The number of nitrogens with zero attached hydrogens (tertiary/aromatic N) is 1. The maximum Gasteiger partial charge on any atom is 0.309 e. The lowest BCUT2D eigenvalue weighted by Gasteiger charge is -2.10. The second-order valence-electron chi connectivity index (χ2n) is 4.35. The largest absolute Gasteiger partial charge is 0.487 e. The van der Waals surface area contributed by atoms with E-state index in [1.54, 1.807) is 12.1 Å². The number of ether oxygens (including phenoxy) is 2. The predicted molar refractivity (Wildman–Crippen MR) is 76.1 cm³/mol. The topological polar surface area (TPSA) is 65.5 Å². The van der Waals surface area contributed by atoms with Crippen LogP contribution in [0.25, 0.3) is 0 Å². The average molecular weight is 285 g/mol. The van der Waals surface area contributed by atoms with Crippen LogP contribution in [0.3, 0.4) is 0 Å². The number of esters is 1. The molecule has 0 unspecified atom stereocenters. The number of hydrogen-bond donors (Lipinski definition) is 0. The predicted octanol–water partition coefficient (Wildman–Crippen LogP) is 2.19. The molecule has 0 amide bonds. The van der Waals surface area contributed by atoms with Crippen LogP contribution in [0.2, 0.25) is 0 Å². The molecule has 0 radical (unpaired) electrons. The molecule has 5 heteroatoms. The lowest BCUT2D eigenvalue weighted by atomic mass is 10.1. The summed E-state index contributed by atoms with van der Waals surface area (Å²) in [6, 6.07) is 10.8. The minimum atomic E-state index is -0.292. The Bertz CT molecular complexity index is 622. The van der Waals surface area contributed by atoms with Gasteiger partial charge in [-0.25, -0.2) is 4.98 Å². The molecule has 1 heterocycles. The van der Waals surface area contributed by atoms with E-state index in [2.05, 4.69) is 9.72 Å². The fraction of sp³-hybridized carbons (Fsp3) is 0.188. The van der Waals surface area contributed by atoms with Gasteiger partial charge in [0, 0.05) is 0 Å². The highest BCUT2D eigenvalue weighted by Gasteiger charge is 2.08. The number of hydrogen-bond acceptors (Lipinski definition) is 5. The molecule has 0 atom stereocenters. The van der Waals surface area contributed by atoms with Crippen LogP contribution in [0.1, 0.15) is 21.6 Å². The molecule has 0 saturated heterocycles. The van der Waals surface area contributed by atoms with Crippen molar-refractivity contribution in [2.75, 3.05) is 7.11 Å². The summed E-state index contributed by atoms with van der Waals surface area (Å²) < 4.78 is 10.3. The van der Waals surface area contributed by atoms with Crippen LogP contribution in [0.15, 0.2) is 42.6 Å². The summed E-state index contributed by atoms with van der Waals surface area (Å²) in [7, 11) is 1.36. The van der Waals surface area contributed by atoms with Crippen LogP contribution in [0, 0.1) is 0 Å². The summed E-state index contributed by atoms with van der Waals surface area (Å²) in [5.74, 6) is 0.271. The maximum absolute atomic E-state index is 11.4. The van der Waals surface area contributed by atoms with E-state index in [1.807, 2.05) is 24.3 Å². The molecule has 5 nitrogen and oxygen atoms in total. The van der Waals surface area contributed by atoms with Crippen molar-refractivity contribution >= 4 is 12.3 Å². The van der Waals surface area contributed by atoms with Crippen molar-refractivity contribution in [3.05, 3.63) is 59.4 Å². The molecule has 2 rings (SSSR count). The molecule has 0 aliphatic heterocycles. The molecule has 0 spiro atoms. The van der Waals surface area contributed by atoms with E-state index < -0.39 is 0 Å². The van der Waals surface area contributed by atoms with E-state index in [1.165, 1.54) is 13.3 Å². The van der Waals surface area contributed by atoms with Crippen molar-refractivity contribution in [2.24, 2.45) is 0 Å². The second-order valence-corrected chi connectivity index (χ2v) is 4.35. The summed E-state index contributed by atoms with van der Waals surface area (Å²) >= 11 is 0. The Labute approximate surface area is 122 Å². The van der Waals surface area contributed by atoms with Crippen LogP contribution in [0.4, 0.5) is 0 Å². The van der Waals surface area contributed by atoms with E-state index in [0.29, 0.717) is 24.3 Å². The third-order valence-electron chi connectivity index (χ3n) is 2.96. The second kappa shape index (κ2) is 7.19. The summed E-state index contributed by atoms with van der Waals surface area (Å²) in [6.45, 7) is 0.315. The number of methoxy groups -OCH3 is 1. The Kier molecular flexibility index (Phi) is 5.04. The first-order valence-corrected chi connectivity index (χ1v) is 6.40. The number of carbonyl (C=O) groups excluding carboxylic acids is 2. The Morgan fingerprint density at radius 2 is 1.95 bits per heavy atom. The number of carbonyl (C=O) groups is 2. The lowest BCUT2D eigenvalue weighted by molar-refractivity contribution is -0.139. The molecule has 0 aliphatic rings. The minimum Gasteiger partial charge on any atom is -0.487 e. The number of aldehydes is 1. The Morgan fingerprint density at radius 3 is 2.57 bits per heavy atom. The van der Waals surface area contributed by atoms with Gasteiger partial charge < -0.3 is 9.47 Å². The Hall–Kier alpha value is -2.69. The molecular weight excluding hydrogens is 270 g/mol. The first kappa shape index (κ1) is 14.7. The average Bonchev–Trinajstić information content (AvgIpc) is 2.54. The zero-order valence-corrected chi connectivity index (χ0v) is 11.6. The molecule has 0 saturated carbocycles. The zero-order chi connectivity index (χ0) is 15.1. The quantitative estimate of drug-likeness (QED) is 0.601. The molecule has 0 bridgehead atoms. The summed E-state index contributed by atoms with van der Waals surface area (Å²) in [5.41, 5.74) is 2.12. The highest BCUT2D eigenvalue weighted by Crippen LogP contribution is 2.15. The first-order chi connectivity index (χ1) is 10.2. The number of pyridine rings is 1. The summed E-state index contributed by atoms with van der Waals surface area (Å²) in [4.78, 5) is 25.8. The molecule has 108 valence electrons. The zero-order valence-electron chi connectivity index (χ0n) is 11.6. The maximum atomic E-state index is 11.4. The van der Waals surface area contributed by atoms with Gasteiger partial charge in [0.05, 0.1) is 19.7 Å². The molecule has 0 N–H and O–H groups in total. The van der Waals surface area contributed by atoms with Crippen molar-refractivity contribution in [1.82, 2.24) is 4.98 Å². The summed E-state index contributed by atoms with van der Waals surface area (Å²) in [5, 5.41) is 0. The van der Waals surface area contributed by atoms with Crippen molar-refractivity contribution in [3.63, 3.8) is 0 Å². The van der Waals surface area contributed by atoms with Gasteiger partial charge >= 0.3 is 5.97 Å². The first-order valence-electron chi connectivity index (χ1n) is 6.40. The van der Waals surface area contributed by atoms with Crippen molar-refractivity contribution < 1.29 is 19.1 Å². The van der Waals surface area contributed by atoms with Crippen LogP contribution in [0.5, 0.6) is 5.75 Å². The van der Waals surface area contributed by atoms with Crippen molar-refractivity contribution in [2.45, 2.75) is 13.0 Å². The van der Waals surface area contributed by atoms with E-state index in [-0.39, 0.29) is 12.4 Å². The van der Waals surface area contributed by atoms with E-state index >= 15 is 0 Å². The van der Waals surface area contributed by atoms with Crippen LogP contribution in [-0.2, 0) is 22.6 Å². The number of benzene rings is 1. The molecular formula is C16H15NO4. The molecule has 21 heavy (non-hydrogen) atoms. The van der Waals surface area contributed by atoms with E-state index in [4.69, 9.17) is 4.74 Å². The third-order valence-corrected chi connectivity index (χ3v) is 2.96. The van der Waals surface area contributed by atoms with Crippen molar-refractivity contribution in [1.29, 1.82) is 0 Å². The van der Waals surface area contributed by atoms with Crippen LogP contribution >= 0.6 is 0 Å². The van der Waals surface area contributed by atoms with Gasteiger partial charge in [-0.05, 0) is 23.3 Å². The van der Waals surface area contributed by atoms with E-state index in [9.17, 15) is 9.59 Å². The van der Waals surface area contributed by atoms with Gasteiger partial charge in [-0.3, -0.25) is 9.59 Å². The number of rotatable bonds is 6. The third kappa shape index (κ3) is 4.14. The molecule has 0 aliphatic carbocycles. The van der Waals surface area contributed by atoms with Gasteiger partial charge in [-0.15, -0.1) is 0 Å². The molecule has 2 aromatic rings. The fourth-order valence-electron chi connectivity index (χ4n) is 1.81. The van der Waals surface area contributed by atoms with Gasteiger partial charge in [0.15, 0.2) is 6.29 Å². The minimum absolute atomic E-state index is 0.207. The lowest BCUT2D eigenvalue weighted by Crippen LogP contribution is -2.08. The SMILES string of the molecule is COC(=O)Cc1ccccc1COc1ccc(C=O)nc1. The van der Waals surface area contributed by atoms with Gasteiger partial charge in [0.25, 0.3) is 0 Å². The number of aromatic nitrogens is 1. The van der Waals surface area contributed by atoms with Gasteiger partial charge in [-0.1, -0.05) is 24.3 Å². The van der Waals surface area contributed by atoms with Crippen LogP contribution < -0.4 is 4.74 Å². The monoisotopic (exact) mass is 285 g/mol. The Morgan fingerprint density at radius 1 is 1.19 bits per heavy atom. The summed E-state index contributed by atoms with van der Waals surface area (Å²) in [6.07, 6.45) is 2.38. The highest BCUT2D eigenvalue weighted by molar-refractivity contribution is 5.73. The van der Waals surface area contributed by atoms with E-state index in [0.717, 1.165) is 11.1 Å². The molecule has 0 fully saturated rings. The molecule has 1 aromatic heterocycles. The highest BCUT2D eigenvalue weighted by atomic mass is 16.5.